The summed E-state index contributed by atoms with van der Waals surface area (Å²) in [5.41, 5.74) is 2.02. The van der Waals surface area contributed by atoms with Crippen LogP contribution in [0.15, 0.2) is 35.0 Å². The summed E-state index contributed by atoms with van der Waals surface area (Å²) in [6, 6.07) is 7.89. The van der Waals surface area contributed by atoms with Crippen LogP contribution in [0.4, 0.5) is 0 Å². The second kappa shape index (κ2) is 5.42. The van der Waals surface area contributed by atoms with E-state index in [1.165, 1.54) is 0 Å². The lowest BCUT2D eigenvalue weighted by Gasteiger charge is -2.01. The molecule has 0 saturated heterocycles. The Morgan fingerprint density at radius 3 is 3.00 bits per heavy atom. The highest BCUT2D eigenvalue weighted by atomic mass is 16.5. The summed E-state index contributed by atoms with van der Waals surface area (Å²) in [5, 5.41) is 7.12. The molecule has 0 fully saturated rings. The van der Waals surface area contributed by atoms with Crippen molar-refractivity contribution in [2.45, 2.75) is 19.9 Å². The first-order valence-electron chi connectivity index (χ1n) is 5.37. The Bertz CT molecular complexity index is 425. The first-order chi connectivity index (χ1) is 7.84. The van der Waals surface area contributed by atoms with E-state index in [2.05, 4.69) is 15.5 Å². The molecule has 0 spiro atoms. The van der Waals surface area contributed by atoms with Crippen molar-refractivity contribution >= 4 is 0 Å². The lowest BCUT2D eigenvalue weighted by molar-refractivity contribution is 0.370. The number of nitrogens with zero attached hydrogens (tertiary/aromatic N) is 2. The zero-order valence-electron chi connectivity index (χ0n) is 9.31. The Kier molecular flexibility index (Phi) is 3.66. The minimum absolute atomic E-state index is 0.716. The molecule has 0 saturated carbocycles. The molecule has 0 amide bonds. The monoisotopic (exact) mass is 217 g/mol. The van der Waals surface area contributed by atoms with E-state index in [-0.39, 0.29) is 0 Å². The average molecular weight is 217 g/mol. The van der Waals surface area contributed by atoms with Crippen molar-refractivity contribution in [3.05, 3.63) is 47.6 Å². The van der Waals surface area contributed by atoms with Crippen molar-refractivity contribution in [3.8, 4) is 0 Å². The molecule has 0 unspecified atom stereocenters. The number of aryl methyl sites for hydroxylation is 1. The highest BCUT2D eigenvalue weighted by Gasteiger charge is 1.99. The van der Waals surface area contributed by atoms with E-state index >= 15 is 0 Å². The highest BCUT2D eigenvalue weighted by molar-refractivity contribution is 5.04. The summed E-state index contributed by atoms with van der Waals surface area (Å²) in [6.45, 7) is 3.52. The van der Waals surface area contributed by atoms with Gasteiger partial charge in [0.15, 0.2) is 5.76 Å². The smallest absolute Gasteiger partial charge is 0.150 e. The third kappa shape index (κ3) is 3.17. The summed E-state index contributed by atoms with van der Waals surface area (Å²) in [5.74, 6) is 0.874. The second-order valence-corrected chi connectivity index (χ2v) is 3.68. The van der Waals surface area contributed by atoms with Crippen molar-refractivity contribution in [1.29, 1.82) is 0 Å². The van der Waals surface area contributed by atoms with Gasteiger partial charge in [-0.05, 0) is 19.1 Å². The largest absolute Gasteiger partial charge is 0.360 e. The van der Waals surface area contributed by atoms with Crippen LogP contribution in [-0.4, -0.2) is 16.7 Å². The number of rotatable bonds is 5. The van der Waals surface area contributed by atoms with Crippen LogP contribution < -0.4 is 5.32 Å². The van der Waals surface area contributed by atoms with E-state index in [1.807, 2.05) is 37.4 Å². The molecule has 4 nitrogen and oxygen atoms in total. The van der Waals surface area contributed by atoms with Crippen LogP contribution >= 0.6 is 0 Å². The number of hydrogen-bond acceptors (Lipinski definition) is 4. The third-order valence-electron chi connectivity index (χ3n) is 2.26. The molecule has 0 atom stereocenters. The zero-order chi connectivity index (χ0) is 11.2. The van der Waals surface area contributed by atoms with Crippen molar-refractivity contribution in [2.75, 3.05) is 6.54 Å². The van der Waals surface area contributed by atoms with Crippen LogP contribution in [0, 0.1) is 6.92 Å². The van der Waals surface area contributed by atoms with E-state index < -0.39 is 0 Å². The van der Waals surface area contributed by atoms with Crippen LogP contribution in [0.2, 0.25) is 0 Å². The lowest BCUT2D eigenvalue weighted by atomic mass is 10.2. The molecular formula is C12H15N3O. The van der Waals surface area contributed by atoms with Crippen molar-refractivity contribution in [1.82, 2.24) is 15.5 Å². The van der Waals surface area contributed by atoms with Crippen molar-refractivity contribution in [3.63, 3.8) is 0 Å². The quantitative estimate of drug-likeness (QED) is 0.775. The van der Waals surface area contributed by atoms with Gasteiger partial charge in [-0.25, -0.2) is 0 Å². The maximum atomic E-state index is 5.09. The Balaban J connectivity index is 1.69. The van der Waals surface area contributed by atoms with E-state index in [0.717, 1.165) is 30.1 Å². The minimum Gasteiger partial charge on any atom is -0.360 e. The van der Waals surface area contributed by atoms with Gasteiger partial charge in [-0.2, -0.15) is 0 Å². The summed E-state index contributed by atoms with van der Waals surface area (Å²) in [7, 11) is 0. The van der Waals surface area contributed by atoms with E-state index in [9.17, 15) is 0 Å². The predicted octanol–water partition coefficient (Wildman–Crippen LogP) is 1.71. The summed E-state index contributed by atoms with van der Waals surface area (Å²) in [4.78, 5) is 4.25. The van der Waals surface area contributed by atoms with E-state index in [1.54, 1.807) is 0 Å². The summed E-state index contributed by atoms with van der Waals surface area (Å²) < 4.78 is 5.09. The number of pyridine rings is 1. The van der Waals surface area contributed by atoms with Crippen LogP contribution in [-0.2, 0) is 13.0 Å². The Morgan fingerprint density at radius 2 is 2.31 bits per heavy atom. The van der Waals surface area contributed by atoms with Crippen LogP contribution in [0.25, 0.3) is 0 Å². The molecule has 0 aliphatic rings. The van der Waals surface area contributed by atoms with E-state index in [4.69, 9.17) is 4.52 Å². The van der Waals surface area contributed by atoms with Gasteiger partial charge in [-0.15, -0.1) is 0 Å². The van der Waals surface area contributed by atoms with Gasteiger partial charge in [0, 0.05) is 30.9 Å². The van der Waals surface area contributed by atoms with Crippen LogP contribution in [0.1, 0.15) is 17.1 Å². The topological polar surface area (TPSA) is 51.0 Å². The fourth-order valence-corrected chi connectivity index (χ4v) is 1.47. The maximum Gasteiger partial charge on any atom is 0.150 e. The van der Waals surface area contributed by atoms with Crippen LogP contribution in [0.5, 0.6) is 0 Å². The minimum atomic E-state index is 0.716. The molecular weight excluding hydrogens is 202 g/mol. The number of hydrogen-bond donors (Lipinski definition) is 1. The molecule has 84 valence electrons. The fourth-order valence-electron chi connectivity index (χ4n) is 1.47. The summed E-state index contributed by atoms with van der Waals surface area (Å²) in [6.07, 6.45) is 2.74. The van der Waals surface area contributed by atoms with Gasteiger partial charge in [0.1, 0.15) is 0 Å². The Hall–Kier alpha value is -1.68. The zero-order valence-corrected chi connectivity index (χ0v) is 9.31. The number of aromatic nitrogens is 2. The molecule has 2 aromatic heterocycles. The molecule has 2 rings (SSSR count). The van der Waals surface area contributed by atoms with Gasteiger partial charge in [0.05, 0.1) is 12.2 Å². The molecule has 4 heteroatoms. The standard InChI is InChI=1S/C12H15N3O/c1-10-8-12(16-15-10)9-13-7-5-11-4-2-3-6-14-11/h2-4,6,8,13H,5,7,9H2,1H3. The predicted molar refractivity (Wildman–Crippen MR) is 60.9 cm³/mol. The Morgan fingerprint density at radius 1 is 1.38 bits per heavy atom. The molecule has 0 radical (unpaired) electrons. The summed E-state index contributed by atoms with van der Waals surface area (Å²) >= 11 is 0. The second-order valence-electron chi connectivity index (χ2n) is 3.68. The normalized spacial score (nSPS) is 10.6. The van der Waals surface area contributed by atoms with Crippen molar-refractivity contribution < 1.29 is 4.52 Å². The Labute approximate surface area is 94.7 Å². The molecule has 0 aliphatic carbocycles. The van der Waals surface area contributed by atoms with Gasteiger partial charge in [-0.3, -0.25) is 4.98 Å². The molecule has 0 bridgehead atoms. The van der Waals surface area contributed by atoms with Gasteiger partial charge in [0.2, 0.25) is 0 Å². The van der Waals surface area contributed by atoms with Crippen LogP contribution in [0.3, 0.4) is 0 Å². The fraction of sp³-hybridized carbons (Fsp3) is 0.333. The molecule has 16 heavy (non-hydrogen) atoms. The molecule has 0 aromatic carbocycles. The highest BCUT2D eigenvalue weighted by Crippen LogP contribution is 2.01. The van der Waals surface area contributed by atoms with Gasteiger partial charge in [-0.1, -0.05) is 11.2 Å². The maximum absolute atomic E-state index is 5.09. The average Bonchev–Trinajstić information content (AvgIpc) is 2.72. The van der Waals surface area contributed by atoms with E-state index in [0.29, 0.717) is 6.54 Å². The number of nitrogens with one attached hydrogen (secondary N) is 1. The SMILES string of the molecule is Cc1cc(CNCCc2ccccn2)on1. The lowest BCUT2D eigenvalue weighted by Crippen LogP contribution is -2.16. The molecule has 2 heterocycles. The van der Waals surface area contributed by atoms with Crippen molar-refractivity contribution in [2.24, 2.45) is 0 Å². The molecule has 1 N–H and O–H groups in total. The molecule has 2 aromatic rings. The van der Waals surface area contributed by atoms with Gasteiger partial charge in [0.25, 0.3) is 0 Å². The molecule has 0 aliphatic heterocycles. The first-order valence-corrected chi connectivity index (χ1v) is 5.37. The van der Waals surface area contributed by atoms with Gasteiger partial charge < -0.3 is 9.84 Å². The third-order valence-corrected chi connectivity index (χ3v) is 2.26. The van der Waals surface area contributed by atoms with Gasteiger partial charge >= 0.3 is 0 Å². The first kappa shape index (κ1) is 10.8.